The van der Waals surface area contributed by atoms with Crippen LogP contribution in [0, 0.1) is 0 Å². The van der Waals surface area contributed by atoms with Gasteiger partial charge in [-0.25, -0.2) is 9.59 Å². The van der Waals surface area contributed by atoms with Crippen LogP contribution in [-0.4, -0.2) is 34.9 Å². The van der Waals surface area contributed by atoms with E-state index in [1.54, 1.807) is 0 Å². The first kappa shape index (κ1) is 16.0. The van der Waals surface area contributed by atoms with Gasteiger partial charge in [-0.15, -0.1) is 0 Å². The van der Waals surface area contributed by atoms with Crippen molar-refractivity contribution < 1.29 is 24.5 Å². The molecule has 0 spiro atoms. The van der Waals surface area contributed by atoms with Crippen LogP contribution in [0.1, 0.15) is 13.8 Å². The summed E-state index contributed by atoms with van der Waals surface area (Å²) in [6.07, 6.45) is 0.357. The summed E-state index contributed by atoms with van der Waals surface area (Å²) in [7, 11) is 0. The van der Waals surface area contributed by atoms with Gasteiger partial charge < -0.3 is 14.9 Å². The monoisotopic (exact) mass is 216 g/mol. The number of esters is 2. The van der Waals surface area contributed by atoms with Gasteiger partial charge in [0, 0.05) is 11.6 Å². The molecule has 0 aromatic carbocycles. The van der Waals surface area contributed by atoms with Crippen molar-refractivity contribution in [2.24, 2.45) is 0 Å². The first-order valence-corrected chi connectivity index (χ1v) is 4.18. The minimum atomic E-state index is -0.756. The maximum absolute atomic E-state index is 10.5. The van der Waals surface area contributed by atoms with E-state index in [-0.39, 0.29) is 12.2 Å². The van der Waals surface area contributed by atoms with Gasteiger partial charge in [-0.3, -0.25) is 0 Å². The first-order valence-electron chi connectivity index (χ1n) is 4.18. The zero-order chi connectivity index (χ0) is 12.4. The lowest BCUT2D eigenvalue weighted by Gasteiger charge is -1.95. The molecule has 0 rings (SSSR count). The number of ether oxygens (including phenoxy) is 1. The lowest BCUT2D eigenvalue weighted by atomic mass is 10.4. The molecule has 0 heterocycles. The van der Waals surface area contributed by atoms with Gasteiger partial charge in [-0.2, -0.15) is 0 Å². The summed E-state index contributed by atoms with van der Waals surface area (Å²) in [5, 5.41) is 16.0. The van der Waals surface area contributed by atoms with Crippen LogP contribution >= 0.6 is 0 Å². The summed E-state index contributed by atoms with van der Waals surface area (Å²) >= 11 is 0. The molecule has 0 aromatic heterocycles. The van der Waals surface area contributed by atoms with Crippen molar-refractivity contribution in [2.45, 2.75) is 20.0 Å². The van der Waals surface area contributed by atoms with Crippen molar-refractivity contribution in [1.82, 2.24) is 0 Å². The minimum absolute atomic E-state index is 0.139. The number of hydrogen-bond donors (Lipinski definition) is 2. The highest BCUT2D eigenvalue weighted by atomic mass is 16.6. The Balaban J connectivity index is 0. The van der Waals surface area contributed by atoms with Gasteiger partial charge in [-0.1, -0.05) is 13.2 Å². The number of aliphatic hydroxyl groups excluding tert-OH is 2. The third kappa shape index (κ3) is 12.5. The molecule has 0 radical (unpaired) electrons. The van der Waals surface area contributed by atoms with Crippen molar-refractivity contribution in [2.75, 3.05) is 6.61 Å². The number of carbonyl (C=O) groups excluding carboxylic acids is 2. The molecule has 15 heavy (non-hydrogen) atoms. The Morgan fingerprint density at radius 2 is 1.93 bits per heavy atom. The summed E-state index contributed by atoms with van der Waals surface area (Å²) in [6.45, 7) is 9.24. The fourth-order valence-electron chi connectivity index (χ4n) is 0.220. The van der Waals surface area contributed by atoms with E-state index >= 15 is 0 Å². The van der Waals surface area contributed by atoms with Crippen LogP contribution in [0.25, 0.3) is 0 Å². The third-order valence-corrected chi connectivity index (χ3v) is 0.973. The molecule has 5 heteroatoms. The average Bonchev–Trinajstić information content (AvgIpc) is 2.18. The maximum atomic E-state index is 10.5. The van der Waals surface area contributed by atoms with E-state index in [0.29, 0.717) is 0 Å². The molecular weight excluding hydrogens is 200 g/mol. The van der Waals surface area contributed by atoms with Crippen LogP contribution < -0.4 is 0 Å². The van der Waals surface area contributed by atoms with E-state index in [0.717, 1.165) is 6.08 Å². The number of aliphatic hydroxyl groups is 2. The Morgan fingerprint density at radius 3 is 2.13 bits per heavy atom. The SMILES string of the molecule is C=CC(=O)OC(=O)C(=C)C.CC(O)CO. The zero-order valence-electron chi connectivity index (χ0n) is 8.90. The van der Waals surface area contributed by atoms with Crippen molar-refractivity contribution in [1.29, 1.82) is 0 Å². The Kier molecular flexibility index (Phi) is 9.71. The second-order valence-electron chi connectivity index (χ2n) is 2.72. The quantitative estimate of drug-likeness (QED) is 0.399. The smallest absolute Gasteiger partial charge is 0.340 e. The van der Waals surface area contributed by atoms with Crippen LogP contribution in [0.3, 0.4) is 0 Å². The molecule has 1 unspecified atom stereocenters. The number of rotatable bonds is 3. The van der Waals surface area contributed by atoms with Gasteiger partial charge in [-0.05, 0) is 13.8 Å². The Morgan fingerprint density at radius 1 is 1.53 bits per heavy atom. The van der Waals surface area contributed by atoms with Crippen LogP contribution in [0.4, 0.5) is 0 Å². The molecule has 0 saturated heterocycles. The Bertz CT molecular complexity index is 242. The molecule has 0 amide bonds. The molecule has 0 aliphatic rings. The van der Waals surface area contributed by atoms with Gasteiger partial charge in [0.25, 0.3) is 0 Å². The van der Waals surface area contributed by atoms with Gasteiger partial charge in [0.15, 0.2) is 0 Å². The van der Waals surface area contributed by atoms with Crippen LogP contribution in [-0.2, 0) is 14.3 Å². The van der Waals surface area contributed by atoms with Crippen molar-refractivity contribution >= 4 is 11.9 Å². The predicted octanol–water partition coefficient (Wildman–Crippen LogP) is 0.178. The van der Waals surface area contributed by atoms with Crippen molar-refractivity contribution in [3.05, 3.63) is 24.8 Å². The summed E-state index contributed by atoms with van der Waals surface area (Å²) in [4.78, 5) is 20.8. The second kappa shape index (κ2) is 9.11. The average molecular weight is 216 g/mol. The molecule has 0 aromatic rings. The third-order valence-electron chi connectivity index (χ3n) is 0.973. The highest BCUT2D eigenvalue weighted by molar-refractivity contribution is 5.98. The lowest BCUT2D eigenvalue weighted by Crippen LogP contribution is -2.09. The maximum Gasteiger partial charge on any atom is 0.340 e. The Hall–Kier alpha value is -1.46. The van der Waals surface area contributed by atoms with Crippen molar-refractivity contribution in [3.8, 4) is 0 Å². The number of carbonyl (C=O) groups is 2. The van der Waals surface area contributed by atoms with E-state index in [9.17, 15) is 9.59 Å². The van der Waals surface area contributed by atoms with Crippen LogP contribution in [0.15, 0.2) is 24.8 Å². The summed E-state index contributed by atoms with van der Waals surface area (Å²) in [5.74, 6) is -1.47. The topological polar surface area (TPSA) is 83.8 Å². The summed E-state index contributed by atoms with van der Waals surface area (Å²) < 4.78 is 4.17. The highest BCUT2D eigenvalue weighted by Gasteiger charge is 2.06. The lowest BCUT2D eigenvalue weighted by molar-refractivity contribution is -0.153. The molecule has 0 saturated carbocycles. The molecule has 0 fully saturated rings. The van der Waals surface area contributed by atoms with Gasteiger partial charge in [0.2, 0.25) is 0 Å². The Labute approximate surface area is 88.7 Å². The zero-order valence-corrected chi connectivity index (χ0v) is 8.90. The molecular formula is C10H16O5. The van der Waals surface area contributed by atoms with Crippen LogP contribution in [0.2, 0.25) is 0 Å². The second-order valence-corrected chi connectivity index (χ2v) is 2.72. The molecule has 0 aliphatic heterocycles. The molecule has 1 atom stereocenters. The van der Waals surface area contributed by atoms with Gasteiger partial charge >= 0.3 is 11.9 Å². The molecule has 86 valence electrons. The predicted molar refractivity (Wildman–Crippen MR) is 54.9 cm³/mol. The van der Waals surface area contributed by atoms with E-state index in [4.69, 9.17) is 10.2 Å². The summed E-state index contributed by atoms with van der Waals surface area (Å²) in [5.41, 5.74) is 0.190. The van der Waals surface area contributed by atoms with Crippen molar-refractivity contribution in [3.63, 3.8) is 0 Å². The number of hydrogen-bond acceptors (Lipinski definition) is 5. The van der Waals surface area contributed by atoms with E-state index in [1.165, 1.54) is 13.8 Å². The normalized spacial score (nSPS) is 10.4. The van der Waals surface area contributed by atoms with E-state index in [1.807, 2.05) is 0 Å². The molecule has 2 N–H and O–H groups in total. The van der Waals surface area contributed by atoms with Gasteiger partial charge in [0.05, 0.1) is 12.7 Å². The summed E-state index contributed by atoms with van der Waals surface area (Å²) in [6, 6.07) is 0. The fourth-order valence-corrected chi connectivity index (χ4v) is 0.220. The fraction of sp³-hybridized carbons (Fsp3) is 0.400. The van der Waals surface area contributed by atoms with Crippen LogP contribution in [0.5, 0.6) is 0 Å². The minimum Gasteiger partial charge on any atom is -0.394 e. The first-order chi connectivity index (χ1) is 6.84. The van der Waals surface area contributed by atoms with Gasteiger partial charge in [0.1, 0.15) is 0 Å². The largest absolute Gasteiger partial charge is 0.394 e. The molecule has 5 nitrogen and oxygen atoms in total. The standard InChI is InChI=1S/C7H8O3.C3H8O2/c1-4-6(8)10-7(9)5(2)3;1-3(5)2-4/h4H,1-2H2,3H3;3-5H,2H2,1H3. The highest BCUT2D eigenvalue weighted by Crippen LogP contribution is 1.92. The van der Waals surface area contributed by atoms with E-state index < -0.39 is 18.0 Å². The molecule has 0 aliphatic carbocycles. The molecule has 0 bridgehead atoms. The van der Waals surface area contributed by atoms with E-state index in [2.05, 4.69) is 17.9 Å².